The maximum absolute atomic E-state index is 4.48. The van der Waals surface area contributed by atoms with Gasteiger partial charge in [0.25, 0.3) is 0 Å². The fourth-order valence-electron chi connectivity index (χ4n) is 14.2. The Morgan fingerprint density at radius 1 is 0.194 bits per heavy atom. The summed E-state index contributed by atoms with van der Waals surface area (Å²) in [4.78, 5) is 51.7. The van der Waals surface area contributed by atoms with Gasteiger partial charge >= 0.3 is 0 Å². The summed E-state index contributed by atoms with van der Waals surface area (Å²) in [5.74, 6) is 0. The van der Waals surface area contributed by atoms with Gasteiger partial charge < -0.3 is 0 Å². The molecule has 0 saturated carbocycles. The van der Waals surface area contributed by atoms with E-state index in [0.717, 1.165) is 107 Å². The highest BCUT2D eigenvalue weighted by atomic mass is 14.8. The van der Waals surface area contributed by atoms with Crippen molar-refractivity contribution in [3.8, 4) is 22.3 Å². The Balaban J connectivity index is 0.000000742. The van der Waals surface area contributed by atoms with Crippen LogP contribution in [0.15, 0.2) is 244 Å². The molecular weight excluding hydrogens is 1630 g/mol. The van der Waals surface area contributed by atoms with Gasteiger partial charge in [0.15, 0.2) is 5.65 Å². The fourth-order valence-corrected chi connectivity index (χ4v) is 14.2. The van der Waals surface area contributed by atoms with Crippen LogP contribution in [0.2, 0.25) is 0 Å². The van der Waals surface area contributed by atoms with Gasteiger partial charge in [-0.25, -0.2) is 9.97 Å². The van der Waals surface area contributed by atoms with Crippen LogP contribution < -0.4 is 0 Å². The smallest absolute Gasteiger partial charge is 0.159 e. The molecule has 0 bridgehead atoms. The number of nitrogens with zero attached hydrogens (tertiary/aromatic N) is 12. The second-order valence-electron chi connectivity index (χ2n) is 29.2. The Morgan fingerprint density at radius 2 is 0.545 bits per heavy atom. The SMILES string of the molecule is CC.CC.CC.CC.CC.CC.CC.CC.CC.CC.CC.CC.Cc1cc2cc(C)ncc2cn1.Cc1cc2nc(C)ccc2cn1.Cc1ccc2c(c1)Cc1c(C)cccc1-2.Cc1cccc2c1Cc1c(C)cccc1-2.Cc1ccnc2c1ccc1c(C)ccnc12.Cc1cnc2c(ccc3cc(C)cnc32)c1.Cc1cnc2cnc(C)cc2c1.Cc1cnc2ncc(C)cc2c1. The van der Waals surface area contributed by atoms with E-state index in [4.69, 9.17) is 0 Å². The van der Waals surface area contributed by atoms with Crippen molar-refractivity contribution in [3.63, 3.8) is 0 Å². The van der Waals surface area contributed by atoms with Crippen LogP contribution in [0.5, 0.6) is 0 Å². The molecule has 12 heteroatoms. The van der Waals surface area contributed by atoms with Gasteiger partial charge in [0.05, 0.1) is 39.3 Å². The number of aryl methyl sites for hydroxylation is 16. The first-order chi connectivity index (χ1) is 65.0. The molecule has 12 aromatic heterocycles. The molecule has 134 heavy (non-hydrogen) atoms. The number of hydrogen-bond donors (Lipinski definition) is 0. The van der Waals surface area contributed by atoms with Gasteiger partial charge in [-0.3, -0.25) is 49.8 Å². The van der Waals surface area contributed by atoms with Crippen molar-refractivity contribution in [1.29, 1.82) is 0 Å². The minimum atomic E-state index is 0.825. The number of pyridine rings is 12. The summed E-state index contributed by atoms with van der Waals surface area (Å²) in [6.07, 6.45) is 22.6. The topological polar surface area (TPSA) is 155 Å². The molecule has 0 atom stereocenters. The molecule has 0 fully saturated rings. The van der Waals surface area contributed by atoms with E-state index in [0.29, 0.717) is 0 Å². The summed E-state index contributed by atoms with van der Waals surface area (Å²) in [6, 6.07) is 62.0. The Hall–Kier alpha value is -12.8. The van der Waals surface area contributed by atoms with Crippen molar-refractivity contribution < 1.29 is 0 Å². The predicted octanol–water partition coefficient (Wildman–Crippen LogP) is 35.8. The summed E-state index contributed by atoms with van der Waals surface area (Å²) < 4.78 is 0. The third-order valence-corrected chi connectivity index (χ3v) is 20.0. The van der Waals surface area contributed by atoms with E-state index in [9.17, 15) is 0 Å². The van der Waals surface area contributed by atoms with E-state index in [1.165, 1.54) is 127 Å². The lowest BCUT2D eigenvalue weighted by atomic mass is 10.0. The molecule has 0 radical (unpaired) electrons. The van der Waals surface area contributed by atoms with Gasteiger partial charge in [0.1, 0.15) is 0 Å². The first kappa shape index (κ1) is 119. The molecule has 18 aromatic rings. The zero-order valence-corrected chi connectivity index (χ0v) is 89.9. The minimum absolute atomic E-state index is 0.825. The largest absolute Gasteiger partial charge is 0.261 e. The van der Waals surface area contributed by atoms with E-state index in [1.807, 2.05) is 320 Å². The molecule has 20 rings (SSSR count). The van der Waals surface area contributed by atoms with Crippen molar-refractivity contribution in [2.24, 2.45) is 0 Å². The van der Waals surface area contributed by atoms with Crippen LogP contribution >= 0.6 is 0 Å². The molecule has 2 aliphatic carbocycles. The van der Waals surface area contributed by atoms with Crippen LogP contribution in [0.4, 0.5) is 0 Å². The van der Waals surface area contributed by atoms with Crippen molar-refractivity contribution in [2.45, 2.75) is 290 Å². The molecule has 0 unspecified atom stereocenters. The monoisotopic (exact) mass is 1800 g/mol. The van der Waals surface area contributed by atoms with Crippen LogP contribution in [0.1, 0.15) is 278 Å². The Kier molecular flexibility index (Phi) is 58.5. The maximum atomic E-state index is 4.48. The number of aromatic nitrogens is 12. The second kappa shape index (κ2) is 65.7. The number of benzene rings is 6. The zero-order chi connectivity index (χ0) is 101. The van der Waals surface area contributed by atoms with Crippen LogP contribution in [0.25, 0.3) is 109 Å². The number of hydrogen-bond acceptors (Lipinski definition) is 12. The van der Waals surface area contributed by atoms with Gasteiger partial charge in [-0.15, -0.1) is 0 Å². The highest BCUT2D eigenvalue weighted by Gasteiger charge is 2.22. The second-order valence-corrected chi connectivity index (χ2v) is 29.2. The lowest BCUT2D eigenvalue weighted by Crippen LogP contribution is -1.88. The highest BCUT2D eigenvalue weighted by Crippen LogP contribution is 2.41. The average molecular weight is 1800 g/mol. The maximum Gasteiger partial charge on any atom is 0.159 e. The average Bonchev–Trinajstić information content (AvgIpc) is 1.35. The van der Waals surface area contributed by atoms with Gasteiger partial charge in [0, 0.05) is 134 Å². The van der Waals surface area contributed by atoms with Crippen LogP contribution in [-0.2, 0) is 12.8 Å². The standard InChI is InChI=1S/2C15H14.2C14H12N2.4C10H10N2.12C2H6/c1-10-5-3-7-12-13-8-4-6-11(2)15(13)9-14(10)12;1-10-6-7-13-12(8-10)9-15-11(2)4-3-5-14(13)15;1-9-5-11-3-4-12-6-10(2)8-16-14(12)13(11)15-7-9;1-9-5-7-15-13-11(9)3-4-12-10(2)6-8-16-14(12)13;1-7-3-9-4-8(2)12-6-10(9)5-11-7;1-7-3-9-4-8(2)11-6-10(9)12-5-7;1-7-3-9-4-8(2)6-12-10(9)11-5-7;1-7-3-4-9-6-11-8(2)5-10(9)12-7;12*1-2/h2*3-8H,9H2,1-2H3;2*3-8H,1-2H3;4*3-6H,1-2H3;12*1-2H3. The normalized spacial score (nSPS) is 9.73. The Labute approximate surface area is 809 Å². The number of rotatable bonds is 0. The minimum Gasteiger partial charge on any atom is -0.261 e. The van der Waals surface area contributed by atoms with Crippen molar-refractivity contribution in [1.82, 2.24) is 59.8 Å². The van der Waals surface area contributed by atoms with E-state index in [1.54, 1.807) is 0 Å². The predicted molar refractivity (Wildman–Crippen MR) is 594 cm³/mol. The van der Waals surface area contributed by atoms with Crippen LogP contribution in [0.3, 0.4) is 0 Å². The van der Waals surface area contributed by atoms with E-state index >= 15 is 0 Å². The van der Waals surface area contributed by atoms with Crippen molar-refractivity contribution >= 4 is 87.2 Å². The van der Waals surface area contributed by atoms with Crippen LogP contribution in [0, 0.1) is 111 Å². The molecule has 712 valence electrons. The molecule has 0 N–H and O–H groups in total. The molecule has 6 aromatic carbocycles. The Morgan fingerprint density at radius 3 is 0.978 bits per heavy atom. The molecule has 0 amide bonds. The first-order valence-corrected chi connectivity index (χ1v) is 49.4. The molecule has 0 saturated heterocycles. The van der Waals surface area contributed by atoms with E-state index in [2.05, 4.69) is 261 Å². The summed E-state index contributed by atoms with van der Waals surface area (Å²) in [5.41, 5.74) is 37.8. The molecular formula is C122H164N12. The quantitative estimate of drug-likeness (QED) is 0.133. The Bertz CT molecular complexity index is 5820. The molecule has 12 nitrogen and oxygen atoms in total. The molecule has 0 aliphatic heterocycles. The summed E-state index contributed by atoms with van der Waals surface area (Å²) in [6.45, 7) is 81.2. The lowest BCUT2D eigenvalue weighted by Gasteiger charge is -2.06. The van der Waals surface area contributed by atoms with Crippen LogP contribution in [-0.4, -0.2) is 59.8 Å². The third-order valence-electron chi connectivity index (χ3n) is 20.0. The van der Waals surface area contributed by atoms with E-state index < -0.39 is 0 Å². The molecule has 12 heterocycles. The van der Waals surface area contributed by atoms with Gasteiger partial charge in [-0.1, -0.05) is 269 Å². The lowest BCUT2D eigenvalue weighted by molar-refractivity contribution is 1.19. The zero-order valence-electron chi connectivity index (χ0n) is 89.9. The van der Waals surface area contributed by atoms with Gasteiger partial charge in [-0.05, 0) is 308 Å². The molecule has 0 spiro atoms. The summed E-state index contributed by atoms with van der Waals surface area (Å²) in [5, 5.41) is 10.4. The van der Waals surface area contributed by atoms with Crippen molar-refractivity contribution in [3.05, 3.63) is 356 Å². The highest BCUT2D eigenvalue weighted by molar-refractivity contribution is 6.05. The van der Waals surface area contributed by atoms with Gasteiger partial charge in [0.2, 0.25) is 0 Å². The molecule has 2 aliphatic rings. The van der Waals surface area contributed by atoms with E-state index in [-0.39, 0.29) is 0 Å². The fraction of sp³-hybridized carbons (Fsp3) is 0.344. The number of fused-ring (bicyclic) bond motifs is 16. The van der Waals surface area contributed by atoms with Crippen molar-refractivity contribution in [2.75, 3.05) is 0 Å². The first-order valence-electron chi connectivity index (χ1n) is 49.4. The third kappa shape index (κ3) is 35.0. The summed E-state index contributed by atoms with van der Waals surface area (Å²) in [7, 11) is 0. The van der Waals surface area contributed by atoms with Gasteiger partial charge in [-0.2, -0.15) is 0 Å². The summed E-state index contributed by atoms with van der Waals surface area (Å²) >= 11 is 0.